The summed E-state index contributed by atoms with van der Waals surface area (Å²) in [4.78, 5) is 21.7. The van der Waals surface area contributed by atoms with Crippen molar-refractivity contribution in [2.45, 2.75) is 0 Å². The highest BCUT2D eigenvalue weighted by molar-refractivity contribution is 6.35. The highest BCUT2D eigenvalue weighted by Crippen LogP contribution is 2.39. The van der Waals surface area contributed by atoms with Crippen LogP contribution in [0.5, 0.6) is 46.0 Å². The summed E-state index contributed by atoms with van der Waals surface area (Å²) < 4.78 is 33.9. The fourth-order valence-corrected chi connectivity index (χ4v) is 5.36. The molecule has 2 amide bonds. The highest BCUT2D eigenvalue weighted by Gasteiger charge is 2.15. The van der Waals surface area contributed by atoms with Gasteiger partial charge in [-0.15, -0.1) is 0 Å². The summed E-state index contributed by atoms with van der Waals surface area (Å²) >= 11 is 13.0. The molecule has 0 aliphatic carbocycles. The second-order valence-electron chi connectivity index (χ2n) is 10.1. The first-order valence-electron chi connectivity index (χ1n) is 14.3. The summed E-state index contributed by atoms with van der Waals surface area (Å²) in [6.07, 6.45) is 3.26. The lowest BCUT2D eigenvalue weighted by Gasteiger charge is -2.14. The van der Waals surface area contributed by atoms with Crippen LogP contribution >= 0.6 is 23.2 Å². The molecular weight excluding hydrogens is 659 g/mol. The minimum absolute atomic E-state index is 0.258. The Morgan fingerprint density at radius 1 is 0.542 bits per heavy atom. The zero-order valence-corrected chi connectivity index (χ0v) is 27.6. The number of anilines is 2. The van der Waals surface area contributed by atoms with Crippen molar-refractivity contribution in [1.82, 2.24) is 9.97 Å². The van der Waals surface area contributed by atoms with Crippen LogP contribution in [0, 0.1) is 0 Å². The Morgan fingerprint density at radius 3 is 1.31 bits per heavy atom. The van der Waals surface area contributed by atoms with Crippen LogP contribution in [0.4, 0.5) is 16.2 Å². The molecule has 2 N–H and O–H groups in total. The number of methoxy groups -OCH3 is 4. The van der Waals surface area contributed by atoms with Crippen molar-refractivity contribution in [2.75, 3.05) is 39.1 Å². The van der Waals surface area contributed by atoms with Crippen molar-refractivity contribution in [3.05, 3.63) is 95.2 Å². The van der Waals surface area contributed by atoms with E-state index in [4.69, 9.17) is 51.6 Å². The molecule has 2 aromatic heterocycles. The van der Waals surface area contributed by atoms with Crippen LogP contribution in [0.2, 0.25) is 10.0 Å². The van der Waals surface area contributed by atoms with Gasteiger partial charge in [-0.1, -0.05) is 23.2 Å². The van der Waals surface area contributed by atoms with E-state index in [1.807, 2.05) is 0 Å². The van der Waals surface area contributed by atoms with Gasteiger partial charge in [-0.2, -0.15) is 0 Å². The number of nitrogens with zero attached hydrogens (tertiary/aromatic N) is 2. The third kappa shape index (κ3) is 6.73. The molecule has 6 rings (SSSR count). The minimum atomic E-state index is -0.552. The standard InChI is InChI=1S/C35H28Cl2N4O7/c1-43-31-15-21-27(17-33(31)45-3)38-11-9-29(21)47-19-5-7-25(23(36)13-19)40-35(42)41-26-8-6-20(14-24(26)37)48-30-10-12-39-28-18-34(46-4)32(44-2)16-22(28)30/h5-18H,1-4H3,(H2,40,41,42). The molecule has 0 unspecified atom stereocenters. The van der Waals surface area contributed by atoms with Gasteiger partial charge in [0, 0.05) is 47.4 Å². The number of amides is 2. The summed E-state index contributed by atoms with van der Waals surface area (Å²) in [6.45, 7) is 0. The van der Waals surface area contributed by atoms with Gasteiger partial charge in [0.25, 0.3) is 0 Å². The maximum Gasteiger partial charge on any atom is 0.323 e. The lowest BCUT2D eigenvalue weighted by Crippen LogP contribution is -2.19. The molecule has 6 aromatic rings. The van der Waals surface area contributed by atoms with Crippen LogP contribution in [-0.2, 0) is 0 Å². The number of ether oxygens (including phenoxy) is 6. The van der Waals surface area contributed by atoms with Gasteiger partial charge in [0.2, 0.25) is 0 Å². The molecule has 0 bridgehead atoms. The van der Waals surface area contributed by atoms with Crippen LogP contribution < -0.4 is 39.1 Å². The van der Waals surface area contributed by atoms with Crippen LogP contribution in [0.15, 0.2) is 85.2 Å². The van der Waals surface area contributed by atoms with Gasteiger partial charge in [-0.3, -0.25) is 9.97 Å². The number of aromatic nitrogens is 2. The highest BCUT2D eigenvalue weighted by atomic mass is 35.5. The Labute approximate surface area is 285 Å². The zero-order chi connectivity index (χ0) is 33.8. The van der Waals surface area contributed by atoms with E-state index in [0.717, 1.165) is 10.8 Å². The van der Waals surface area contributed by atoms with E-state index >= 15 is 0 Å². The number of benzene rings is 4. The molecule has 0 fully saturated rings. The average Bonchev–Trinajstić information content (AvgIpc) is 3.09. The van der Waals surface area contributed by atoms with Crippen molar-refractivity contribution in [1.29, 1.82) is 0 Å². The number of nitrogens with one attached hydrogen (secondary N) is 2. The zero-order valence-electron chi connectivity index (χ0n) is 26.1. The van der Waals surface area contributed by atoms with Gasteiger partial charge in [-0.25, -0.2) is 4.79 Å². The van der Waals surface area contributed by atoms with Crippen molar-refractivity contribution in [2.24, 2.45) is 0 Å². The van der Waals surface area contributed by atoms with Gasteiger partial charge in [0.15, 0.2) is 23.0 Å². The van der Waals surface area contributed by atoms with Crippen LogP contribution in [-0.4, -0.2) is 44.4 Å². The fraction of sp³-hybridized carbons (Fsp3) is 0.114. The first-order chi connectivity index (χ1) is 23.3. The first-order valence-corrected chi connectivity index (χ1v) is 15.1. The Balaban J connectivity index is 1.13. The van der Waals surface area contributed by atoms with Crippen molar-refractivity contribution < 1.29 is 33.2 Å². The van der Waals surface area contributed by atoms with E-state index < -0.39 is 6.03 Å². The number of urea groups is 1. The average molecular weight is 688 g/mol. The van der Waals surface area contributed by atoms with Crippen molar-refractivity contribution >= 4 is 62.4 Å². The molecular formula is C35H28Cl2N4O7. The topological polar surface area (TPSA) is 122 Å². The number of pyridine rings is 2. The van der Waals surface area contributed by atoms with Crippen molar-refractivity contribution in [3.63, 3.8) is 0 Å². The third-order valence-electron chi connectivity index (χ3n) is 7.25. The molecule has 13 heteroatoms. The summed E-state index contributed by atoms with van der Waals surface area (Å²) in [7, 11) is 6.23. The Bertz CT molecular complexity index is 2010. The van der Waals surface area contributed by atoms with Gasteiger partial charge in [0.05, 0.1) is 60.9 Å². The van der Waals surface area contributed by atoms with Gasteiger partial charge >= 0.3 is 6.03 Å². The fourth-order valence-electron chi connectivity index (χ4n) is 4.92. The molecule has 4 aromatic carbocycles. The van der Waals surface area contributed by atoms with E-state index in [1.54, 1.807) is 114 Å². The van der Waals surface area contributed by atoms with E-state index in [-0.39, 0.29) is 10.0 Å². The largest absolute Gasteiger partial charge is 0.493 e. The van der Waals surface area contributed by atoms with E-state index in [0.29, 0.717) is 68.4 Å². The summed E-state index contributed by atoms with van der Waals surface area (Å²) in [5.74, 6) is 4.16. The maximum atomic E-state index is 12.9. The van der Waals surface area contributed by atoms with E-state index in [2.05, 4.69) is 20.6 Å². The molecule has 0 saturated carbocycles. The Morgan fingerprint density at radius 2 is 0.938 bits per heavy atom. The number of carbonyl (C=O) groups is 1. The third-order valence-corrected chi connectivity index (χ3v) is 7.87. The number of halogens is 2. The molecule has 0 radical (unpaired) electrons. The number of fused-ring (bicyclic) bond motifs is 2. The monoisotopic (exact) mass is 686 g/mol. The summed E-state index contributed by atoms with van der Waals surface area (Å²) in [5.41, 5.74) is 2.05. The lowest BCUT2D eigenvalue weighted by molar-refractivity contribution is 0.262. The smallest absolute Gasteiger partial charge is 0.323 e. The molecule has 48 heavy (non-hydrogen) atoms. The molecule has 11 nitrogen and oxygen atoms in total. The normalized spacial score (nSPS) is 10.8. The first kappa shape index (κ1) is 32.3. The Hall–Kier alpha value is -5.65. The number of carbonyl (C=O) groups excluding carboxylic acids is 1. The molecule has 0 aliphatic heterocycles. The van der Waals surface area contributed by atoms with Gasteiger partial charge in [-0.05, 0) is 48.5 Å². The lowest BCUT2D eigenvalue weighted by atomic mass is 10.2. The maximum absolute atomic E-state index is 12.9. The molecule has 0 aliphatic rings. The minimum Gasteiger partial charge on any atom is -0.493 e. The van der Waals surface area contributed by atoms with Gasteiger partial charge in [0.1, 0.15) is 23.0 Å². The predicted molar refractivity (Wildman–Crippen MR) is 185 cm³/mol. The molecule has 0 spiro atoms. The van der Waals surface area contributed by atoms with Crippen LogP contribution in [0.1, 0.15) is 0 Å². The van der Waals surface area contributed by atoms with Crippen LogP contribution in [0.3, 0.4) is 0 Å². The number of rotatable bonds is 10. The predicted octanol–water partition coefficient (Wildman–Crippen LogP) is 9.35. The van der Waals surface area contributed by atoms with E-state index in [1.165, 1.54) is 0 Å². The quantitative estimate of drug-likeness (QED) is 0.145. The SMILES string of the molecule is COc1cc2nccc(Oc3ccc(NC(=O)Nc4ccc(Oc5ccnc6cc(OC)c(OC)cc56)cc4Cl)c(Cl)c3)c2cc1OC. The number of hydrogen-bond acceptors (Lipinski definition) is 9. The van der Waals surface area contributed by atoms with Gasteiger partial charge < -0.3 is 39.1 Å². The molecule has 0 atom stereocenters. The molecule has 244 valence electrons. The molecule has 0 saturated heterocycles. The summed E-state index contributed by atoms with van der Waals surface area (Å²) in [6, 6.07) is 19.8. The summed E-state index contributed by atoms with van der Waals surface area (Å²) in [5, 5.41) is 7.42. The van der Waals surface area contributed by atoms with E-state index in [9.17, 15) is 4.79 Å². The second kappa shape index (κ2) is 14.0. The van der Waals surface area contributed by atoms with Crippen molar-refractivity contribution in [3.8, 4) is 46.0 Å². The van der Waals surface area contributed by atoms with Crippen LogP contribution in [0.25, 0.3) is 21.8 Å². The Kier molecular flexibility index (Phi) is 9.42. The number of hydrogen-bond donors (Lipinski definition) is 2. The second-order valence-corrected chi connectivity index (χ2v) is 10.9. The molecule has 2 heterocycles.